The summed E-state index contributed by atoms with van der Waals surface area (Å²) >= 11 is 5.91. The van der Waals surface area contributed by atoms with Gasteiger partial charge in [-0.1, -0.05) is 32.4 Å². The van der Waals surface area contributed by atoms with Gasteiger partial charge in [0.15, 0.2) is 0 Å². The second-order valence-corrected chi connectivity index (χ2v) is 4.91. The monoisotopic (exact) mass is 208 g/mol. The topological polar surface area (TPSA) is 17.3 Å². The van der Waals surface area contributed by atoms with Gasteiger partial charge in [-0.25, -0.2) is 4.98 Å². The Bertz CT molecular complexity index is 466. The van der Waals surface area contributed by atoms with Gasteiger partial charge in [-0.2, -0.15) is 0 Å². The smallest absolute Gasteiger partial charge is 0.136 e. The van der Waals surface area contributed by atoms with E-state index in [4.69, 9.17) is 11.6 Å². The molecule has 0 N–H and O–H groups in total. The Kier molecular flexibility index (Phi) is 2.04. The highest BCUT2D eigenvalue weighted by Gasteiger charge is 2.17. The van der Waals surface area contributed by atoms with Gasteiger partial charge in [0, 0.05) is 23.5 Å². The zero-order chi connectivity index (χ0) is 10.3. The summed E-state index contributed by atoms with van der Waals surface area (Å²) in [6, 6.07) is 4.11. The van der Waals surface area contributed by atoms with Crippen molar-refractivity contribution in [1.82, 2.24) is 9.38 Å². The maximum absolute atomic E-state index is 5.91. The van der Waals surface area contributed by atoms with E-state index < -0.39 is 0 Å². The Morgan fingerprint density at radius 1 is 1.29 bits per heavy atom. The summed E-state index contributed by atoms with van der Waals surface area (Å²) in [5, 5.41) is 0.666. The molecule has 0 amide bonds. The van der Waals surface area contributed by atoms with Crippen molar-refractivity contribution < 1.29 is 0 Å². The van der Waals surface area contributed by atoms with E-state index in [1.807, 2.05) is 16.7 Å². The van der Waals surface area contributed by atoms with E-state index >= 15 is 0 Å². The summed E-state index contributed by atoms with van der Waals surface area (Å²) in [4.78, 5) is 4.25. The van der Waals surface area contributed by atoms with Crippen LogP contribution < -0.4 is 0 Å². The molecule has 0 aliphatic rings. The summed E-state index contributed by atoms with van der Waals surface area (Å²) in [7, 11) is 0. The lowest BCUT2D eigenvalue weighted by Crippen LogP contribution is -2.14. The average molecular weight is 209 g/mol. The van der Waals surface area contributed by atoms with Gasteiger partial charge in [0.05, 0.1) is 5.02 Å². The summed E-state index contributed by atoms with van der Waals surface area (Å²) in [6.07, 6.45) is 3.58. The molecule has 14 heavy (non-hydrogen) atoms. The number of hydrogen-bond acceptors (Lipinski definition) is 1. The highest BCUT2D eigenvalue weighted by Crippen LogP contribution is 2.24. The molecule has 2 aromatic heterocycles. The van der Waals surface area contributed by atoms with Crippen molar-refractivity contribution in [3.8, 4) is 0 Å². The van der Waals surface area contributed by atoms with E-state index in [1.165, 1.54) is 5.69 Å². The molecule has 0 spiro atoms. The molecule has 0 atom stereocenters. The summed E-state index contributed by atoms with van der Waals surface area (Å²) in [6.45, 7) is 6.53. The minimum Gasteiger partial charge on any atom is -0.304 e. The van der Waals surface area contributed by atoms with Gasteiger partial charge in [-0.05, 0) is 12.1 Å². The summed E-state index contributed by atoms with van der Waals surface area (Å²) in [5.41, 5.74) is 2.28. The molecule has 2 nitrogen and oxygen atoms in total. The van der Waals surface area contributed by atoms with Crippen LogP contribution in [0.3, 0.4) is 0 Å². The fourth-order valence-corrected chi connectivity index (χ4v) is 1.72. The van der Waals surface area contributed by atoms with Crippen molar-refractivity contribution in [2.24, 2.45) is 0 Å². The van der Waals surface area contributed by atoms with Gasteiger partial charge in [-0.15, -0.1) is 0 Å². The molecule has 3 heteroatoms. The molecular formula is C11H13ClN2. The van der Waals surface area contributed by atoms with E-state index in [-0.39, 0.29) is 5.41 Å². The third kappa shape index (κ3) is 1.50. The normalized spacial score (nSPS) is 12.3. The van der Waals surface area contributed by atoms with E-state index in [1.54, 1.807) is 6.20 Å². The van der Waals surface area contributed by atoms with Gasteiger partial charge < -0.3 is 4.40 Å². The molecule has 0 saturated carbocycles. The Labute approximate surface area is 88.5 Å². The predicted molar refractivity (Wildman–Crippen MR) is 58.9 cm³/mol. The minimum absolute atomic E-state index is 0.110. The van der Waals surface area contributed by atoms with Crippen LogP contribution in [-0.4, -0.2) is 9.38 Å². The first-order chi connectivity index (χ1) is 6.48. The molecule has 0 fully saturated rings. The Morgan fingerprint density at radius 2 is 2.00 bits per heavy atom. The quantitative estimate of drug-likeness (QED) is 0.650. The second-order valence-electron chi connectivity index (χ2n) is 4.47. The van der Waals surface area contributed by atoms with Crippen LogP contribution in [0.25, 0.3) is 5.65 Å². The maximum Gasteiger partial charge on any atom is 0.136 e. The molecule has 0 saturated heterocycles. The fourth-order valence-electron chi connectivity index (χ4n) is 1.57. The van der Waals surface area contributed by atoms with E-state index in [2.05, 4.69) is 31.8 Å². The molecule has 0 aliphatic heterocycles. The van der Waals surface area contributed by atoms with Crippen LogP contribution >= 0.6 is 11.6 Å². The lowest BCUT2D eigenvalue weighted by atomic mass is 9.92. The molecule has 2 heterocycles. The molecule has 0 unspecified atom stereocenters. The number of aromatic nitrogens is 2. The van der Waals surface area contributed by atoms with Crippen LogP contribution in [0.15, 0.2) is 24.5 Å². The number of hydrogen-bond donors (Lipinski definition) is 0. The molecule has 0 bridgehead atoms. The van der Waals surface area contributed by atoms with Crippen molar-refractivity contribution in [2.75, 3.05) is 0 Å². The molecule has 2 rings (SSSR count). The largest absolute Gasteiger partial charge is 0.304 e. The van der Waals surface area contributed by atoms with E-state index in [0.29, 0.717) is 5.02 Å². The Balaban J connectivity index is 2.73. The van der Waals surface area contributed by atoms with Gasteiger partial charge in [0.25, 0.3) is 0 Å². The zero-order valence-corrected chi connectivity index (χ0v) is 9.34. The predicted octanol–water partition coefficient (Wildman–Crippen LogP) is 3.29. The second kappa shape index (κ2) is 2.99. The molecule has 0 aliphatic carbocycles. The highest BCUT2D eigenvalue weighted by molar-refractivity contribution is 6.30. The minimum atomic E-state index is 0.110. The van der Waals surface area contributed by atoms with Crippen molar-refractivity contribution in [1.29, 1.82) is 0 Å². The molecule has 0 radical (unpaired) electrons. The van der Waals surface area contributed by atoms with Crippen LogP contribution in [0.4, 0.5) is 0 Å². The van der Waals surface area contributed by atoms with Crippen molar-refractivity contribution in [3.63, 3.8) is 0 Å². The first kappa shape index (κ1) is 9.53. The average Bonchev–Trinajstić information content (AvgIpc) is 2.45. The SMILES string of the molecule is CC(C)(C)c1ccc2ncc(Cl)cn12. The maximum atomic E-state index is 5.91. The van der Waals surface area contributed by atoms with Gasteiger partial charge >= 0.3 is 0 Å². The lowest BCUT2D eigenvalue weighted by Gasteiger charge is -2.18. The first-order valence-corrected chi connectivity index (χ1v) is 4.99. The van der Waals surface area contributed by atoms with Gasteiger partial charge in [-0.3, -0.25) is 0 Å². The van der Waals surface area contributed by atoms with Crippen molar-refractivity contribution in [3.05, 3.63) is 35.2 Å². The van der Waals surface area contributed by atoms with Gasteiger partial charge in [0.2, 0.25) is 0 Å². The third-order valence-corrected chi connectivity index (χ3v) is 2.43. The summed E-state index contributed by atoms with van der Waals surface area (Å²) < 4.78 is 2.04. The van der Waals surface area contributed by atoms with Crippen LogP contribution in [-0.2, 0) is 5.41 Å². The van der Waals surface area contributed by atoms with Gasteiger partial charge in [0.1, 0.15) is 5.65 Å². The van der Waals surface area contributed by atoms with E-state index in [0.717, 1.165) is 5.65 Å². The third-order valence-electron chi connectivity index (χ3n) is 2.24. The Morgan fingerprint density at radius 3 is 2.64 bits per heavy atom. The van der Waals surface area contributed by atoms with Crippen LogP contribution in [0, 0.1) is 0 Å². The Hall–Kier alpha value is -1.02. The lowest BCUT2D eigenvalue weighted by molar-refractivity contribution is 0.563. The number of nitrogens with zero attached hydrogens (tertiary/aromatic N) is 2. The highest BCUT2D eigenvalue weighted by atomic mass is 35.5. The molecule has 2 aromatic rings. The van der Waals surface area contributed by atoms with Crippen LogP contribution in [0.1, 0.15) is 26.5 Å². The fraction of sp³-hybridized carbons (Fsp3) is 0.364. The summed E-state index contributed by atoms with van der Waals surface area (Å²) in [5.74, 6) is 0. The zero-order valence-electron chi connectivity index (χ0n) is 8.58. The standard InChI is InChI=1S/C11H13ClN2/c1-11(2,3)9-4-5-10-13-6-8(12)7-14(9)10/h4-7H,1-3H3. The van der Waals surface area contributed by atoms with Crippen molar-refractivity contribution >= 4 is 17.2 Å². The van der Waals surface area contributed by atoms with Crippen LogP contribution in [0.2, 0.25) is 5.02 Å². The van der Waals surface area contributed by atoms with Crippen LogP contribution in [0.5, 0.6) is 0 Å². The van der Waals surface area contributed by atoms with E-state index in [9.17, 15) is 0 Å². The molecule has 74 valence electrons. The number of fused-ring (bicyclic) bond motifs is 1. The molecule has 0 aromatic carbocycles. The first-order valence-electron chi connectivity index (χ1n) is 4.61. The molecular weight excluding hydrogens is 196 g/mol. The van der Waals surface area contributed by atoms with Crippen molar-refractivity contribution in [2.45, 2.75) is 26.2 Å². The number of rotatable bonds is 0. The number of halogens is 1.